The van der Waals surface area contributed by atoms with Crippen LogP contribution in [0.15, 0.2) is 42.5 Å². The summed E-state index contributed by atoms with van der Waals surface area (Å²) in [6.45, 7) is 3.16. The Bertz CT molecular complexity index is 573. The van der Waals surface area contributed by atoms with E-state index >= 15 is 0 Å². The second-order valence-electron chi connectivity index (χ2n) is 4.81. The largest absolute Gasteiger partial charge is 0.493 e. The average molecular weight is 302 g/mol. The SMILES string of the molecule is COc1cccc(OC)c1OCCCOc1ccccc1C. The van der Waals surface area contributed by atoms with E-state index in [-0.39, 0.29) is 0 Å². The number of rotatable bonds is 8. The van der Waals surface area contributed by atoms with Gasteiger partial charge in [-0.1, -0.05) is 24.3 Å². The minimum Gasteiger partial charge on any atom is -0.493 e. The van der Waals surface area contributed by atoms with Gasteiger partial charge < -0.3 is 18.9 Å². The highest BCUT2D eigenvalue weighted by atomic mass is 16.5. The lowest BCUT2D eigenvalue weighted by atomic mass is 10.2. The van der Waals surface area contributed by atoms with Gasteiger partial charge in [0.2, 0.25) is 5.75 Å². The molecule has 0 amide bonds. The standard InChI is InChI=1S/C18H22O4/c1-14-8-4-5-9-15(14)21-12-7-13-22-18-16(19-2)10-6-11-17(18)20-3/h4-6,8-11H,7,12-13H2,1-3H3. The maximum Gasteiger partial charge on any atom is 0.203 e. The van der Waals surface area contributed by atoms with Gasteiger partial charge in [0.25, 0.3) is 0 Å². The minimum absolute atomic E-state index is 0.530. The van der Waals surface area contributed by atoms with Gasteiger partial charge in [0.05, 0.1) is 27.4 Å². The highest BCUT2D eigenvalue weighted by Crippen LogP contribution is 2.36. The van der Waals surface area contributed by atoms with Crippen molar-refractivity contribution in [2.45, 2.75) is 13.3 Å². The molecule has 0 fully saturated rings. The Kier molecular flexibility index (Phi) is 5.95. The molecule has 118 valence electrons. The molecule has 0 atom stereocenters. The first-order valence-electron chi connectivity index (χ1n) is 7.28. The summed E-state index contributed by atoms with van der Waals surface area (Å²) in [7, 11) is 3.23. The molecule has 0 saturated heterocycles. The predicted molar refractivity (Wildman–Crippen MR) is 86.3 cm³/mol. The number of benzene rings is 2. The van der Waals surface area contributed by atoms with Crippen molar-refractivity contribution in [1.82, 2.24) is 0 Å². The summed E-state index contributed by atoms with van der Waals surface area (Å²) in [5.74, 6) is 2.87. The van der Waals surface area contributed by atoms with E-state index in [1.807, 2.05) is 49.4 Å². The summed E-state index contributed by atoms with van der Waals surface area (Å²) in [6, 6.07) is 13.5. The van der Waals surface area contributed by atoms with Crippen molar-refractivity contribution in [3.63, 3.8) is 0 Å². The number of ether oxygens (including phenoxy) is 4. The van der Waals surface area contributed by atoms with E-state index < -0.39 is 0 Å². The van der Waals surface area contributed by atoms with Gasteiger partial charge in [-0.3, -0.25) is 0 Å². The van der Waals surface area contributed by atoms with Crippen molar-refractivity contribution in [3.8, 4) is 23.0 Å². The van der Waals surface area contributed by atoms with E-state index in [2.05, 4.69) is 0 Å². The summed E-state index contributed by atoms with van der Waals surface area (Å²) < 4.78 is 22.1. The summed E-state index contributed by atoms with van der Waals surface area (Å²) >= 11 is 0. The molecule has 0 aliphatic rings. The first kappa shape index (κ1) is 16.0. The molecular weight excluding hydrogens is 280 g/mol. The Labute approximate surface area is 131 Å². The van der Waals surface area contributed by atoms with Crippen LogP contribution in [0.25, 0.3) is 0 Å². The molecule has 0 spiro atoms. The highest BCUT2D eigenvalue weighted by molar-refractivity contribution is 5.51. The normalized spacial score (nSPS) is 10.1. The molecule has 0 saturated carbocycles. The number of hydrogen-bond acceptors (Lipinski definition) is 4. The first-order valence-corrected chi connectivity index (χ1v) is 7.28. The van der Waals surface area contributed by atoms with Crippen molar-refractivity contribution in [2.24, 2.45) is 0 Å². The Hall–Kier alpha value is -2.36. The maximum atomic E-state index is 5.79. The molecule has 2 aromatic carbocycles. The van der Waals surface area contributed by atoms with Crippen LogP contribution in [0.5, 0.6) is 23.0 Å². The van der Waals surface area contributed by atoms with Gasteiger partial charge in [-0.25, -0.2) is 0 Å². The molecule has 0 radical (unpaired) electrons. The number of hydrogen-bond donors (Lipinski definition) is 0. The molecule has 0 bridgehead atoms. The van der Waals surface area contributed by atoms with E-state index in [1.165, 1.54) is 0 Å². The second-order valence-corrected chi connectivity index (χ2v) is 4.81. The fourth-order valence-electron chi connectivity index (χ4n) is 2.09. The van der Waals surface area contributed by atoms with E-state index in [0.29, 0.717) is 30.5 Å². The minimum atomic E-state index is 0.530. The van der Waals surface area contributed by atoms with Crippen molar-refractivity contribution < 1.29 is 18.9 Å². The molecule has 4 heteroatoms. The molecule has 22 heavy (non-hydrogen) atoms. The number of methoxy groups -OCH3 is 2. The summed E-state index contributed by atoms with van der Waals surface area (Å²) in [5, 5.41) is 0. The molecule has 0 aliphatic carbocycles. The second kappa shape index (κ2) is 8.17. The van der Waals surface area contributed by atoms with Crippen LogP contribution in [0, 0.1) is 6.92 Å². The van der Waals surface area contributed by atoms with Crippen molar-refractivity contribution >= 4 is 0 Å². The summed E-state index contributed by atoms with van der Waals surface area (Å²) in [6.07, 6.45) is 0.773. The molecule has 0 N–H and O–H groups in total. The quantitative estimate of drug-likeness (QED) is 0.694. The third-order valence-electron chi connectivity index (χ3n) is 3.27. The molecular formula is C18H22O4. The van der Waals surface area contributed by atoms with Gasteiger partial charge in [-0.05, 0) is 30.7 Å². The lowest BCUT2D eigenvalue weighted by molar-refractivity contribution is 0.232. The Balaban J connectivity index is 1.83. The lowest BCUT2D eigenvalue weighted by Gasteiger charge is -2.14. The van der Waals surface area contributed by atoms with Crippen molar-refractivity contribution in [3.05, 3.63) is 48.0 Å². The average Bonchev–Trinajstić information content (AvgIpc) is 2.56. The van der Waals surface area contributed by atoms with Gasteiger partial charge in [0, 0.05) is 6.42 Å². The zero-order valence-electron chi connectivity index (χ0n) is 13.3. The molecule has 4 nitrogen and oxygen atoms in total. The van der Waals surface area contributed by atoms with Gasteiger partial charge in [0.1, 0.15) is 5.75 Å². The molecule has 0 heterocycles. The van der Waals surface area contributed by atoms with Crippen molar-refractivity contribution in [2.75, 3.05) is 27.4 Å². The van der Waals surface area contributed by atoms with Crippen LogP contribution in [0.1, 0.15) is 12.0 Å². The number of para-hydroxylation sites is 2. The summed E-state index contributed by atoms with van der Waals surface area (Å²) in [4.78, 5) is 0. The lowest BCUT2D eigenvalue weighted by Crippen LogP contribution is -2.07. The highest BCUT2D eigenvalue weighted by Gasteiger charge is 2.10. The molecule has 2 aromatic rings. The van der Waals surface area contributed by atoms with Crippen LogP contribution in [0.2, 0.25) is 0 Å². The van der Waals surface area contributed by atoms with Gasteiger partial charge >= 0.3 is 0 Å². The molecule has 0 unspecified atom stereocenters. The van der Waals surface area contributed by atoms with E-state index in [4.69, 9.17) is 18.9 Å². The van der Waals surface area contributed by atoms with E-state index in [0.717, 1.165) is 17.7 Å². The van der Waals surface area contributed by atoms with Crippen LogP contribution in [-0.4, -0.2) is 27.4 Å². The monoisotopic (exact) mass is 302 g/mol. The van der Waals surface area contributed by atoms with Crippen LogP contribution < -0.4 is 18.9 Å². The fourth-order valence-corrected chi connectivity index (χ4v) is 2.09. The predicted octanol–water partition coefficient (Wildman–Crippen LogP) is 3.86. The molecule has 0 aromatic heterocycles. The van der Waals surface area contributed by atoms with Crippen LogP contribution in [0.4, 0.5) is 0 Å². The Morgan fingerprint density at radius 1 is 0.727 bits per heavy atom. The molecule has 2 rings (SSSR count). The van der Waals surface area contributed by atoms with Crippen LogP contribution in [0.3, 0.4) is 0 Å². The van der Waals surface area contributed by atoms with E-state index in [9.17, 15) is 0 Å². The van der Waals surface area contributed by atoms with Crippen LogP contribution in [-0.2, 0) is 0 Å². The van der Waals surface area contributed by atoms with Crippen molar-refractivity contribution in [1.29, 1.82) is 0 Å². The first-order chi connectivity index (χ1) is 10.8. The van der Waals surface area contributed by atoms with Gasteiger partial charge in [0.15, 0.2) is 11.5 Å². The van der Waals surface area contributed by atoms with Gasteiger partial charge in [-0.15, -0.1) is 0 Å². The van der Waals surface area contributed by atoms with Crippen LogP contribution >= 0.6 is 0 Å². The zero-order chi connectivity index (χ0) is 15.8. The van der Waals surface area contributed by atoms with Gasteiger partial charge in [-0.2, -0.15) is 0 Å². The smallest absolute Gasteiger partial charge is 0.203 e. The number of aryl methyl sites for hydroxylation is 1. The third-order valence-corrected chi connectivity index (χ3v) is 3.27. The topological polar surface area (TPSA) is 36.9 Å². The van der Waals surface area contributed by atoms with E-state index in [1.54, 1.807) is 14.2 Å². The zero-order valence-corrected chi connectivity index (χ0v) is 13.3. The Morgan fingerprint density at radius 2 is 1.32 bits per heavy atom. The maximum absolute atomic E-state index is 5.79. The third kappa shape index (κ3) is 4.07. The summed E-state index contributed by atoms with van der Waals surface area (Å²) in [5.41, 5.74) is 1.13. The fraction of sp³-hybridized carbons (Fsp3) is 0.333. The molecule has 0 aliphatic heterocycles. The Morgan fingerprint density at radius 3 is 1.95 bits per heavy atom.